The minimum atomic E-state index is 0.760. The summed E-state index contributed by atoms with van der Waals surface area (Å²) in [7, 11) is 0. The number of anilines is 1. The van der Waals surface area contributed by atoms with Gasteiger partial charge < -0.3 is 11.1 Å². The topological polar surface area (TPSA) is 38.0 Å². The molecule has 0 saturated heterocycles. The van der Waals surface area contributed by atoms with Crippen LogP contribution in [0.5, 0.6) is 0 Å². The molecule has 16 heavy (non-hydrogen) atoms. The van der Waals surface area contributed by atoms with Crippen molar-refractivity contribution in [1.82, 2.24) is 0 Å². The number of allylic oxidation sites excluding steroid dienone is 2. The number of benzene rings is 1. The van der Waals surface area contributed by atoms with Crippen LogP contribution in [0.4, 0.5) is 5.69 Å². The highest BCUT2D eigenvalue weighted by atomic mass is 15.0. The van der Waals surface area contributed by atoms with Crippen LogP contribution in [0.3, 0.4) is 0 Å². The summed E-state index contributed by atoms with van der Waals surface area (Å²) >= 11 is 0. The Bertz CT molecular complexity index is 404. The standard InChI is InChI=1S/C14H18N2/c1-11-7-5-6-10-13(11)14(15)16-12-8-3-2-4-9-12/h2-4,8-9,16H,1,5-7,10,15H2/b14-13-. The molecule has 2 nitrogen and oxygen atoms in total. The normalized spacial score (nSPS) is 19.4. The fourth-order valence-corrected chi connectivity index (χ4v) is 2.05. The van der Waals surface area contributed by atoms with Crippen molar-refractivity contribution in [3.05, 3.63) is 53.9 Å². The van der Waals surface area contributed by atoms with Crippen LogP contribution >= 0.6 is 0 Å². The van der Waals surface area contributed by atoms with Gasteiger partial charge in [-0.1, -0.05) is 24.8 Å². The van der Waals surface area contributed by atoms with Crippen molar-refractivity contribution in [3.8, 4) is 0 Å². The number of nitrogens with two attached hydrogens (primary N) is 1. The molecule has 0 aromatic heterocycles. The second kappa shape index (κ2) is 4.88. The molecule has 1 aromatic rings. The third kappa shape index (κ3) is 2.45. The monoisotopic (exact) mass is 214 g/mol. The van der Waals surface area contributed by atoms with Gasteiger partial charge in [0.25, 0.3) is 0 Å². The average molecular weight is 214 g/mol. The van der Waals surface area contributed by atoms with Crippen LogP contribution in [0.1, 0.15) is 25.7 Å². The number of rotatable bonds is 2. The maximum absolute atomic E-state index is 6.08. The van der Waals surface area contributed by atoms with Crippen molar-refractivity contribution in [3.63, 3.8) is 0 Å². The maximum atomic E-state index is 6.08. The molecule has 0 unspecified atom stereocenters. The highest BCUT2D eigenvalue weighted by Gasteiger charge is 2.13. The summed E-state index contributed by atoms with van der Waals surface area (Å²) < 4.78 is 0. The van der Waals surface area contributed by atoms with Crippen molar-refractivity contribution in [1.29, 1.82) is 0 Å². The van der Waals surface area contributed by atoms with Crippen LogP contribution in [-0.4, -0.2) is 0 Å². The highest BCUT2D eigenvalue weighted by molar-refractivity contribution is 5.50. The van der Waals surface area contributed by atoms with E-state index < -0.39 is 0 Å². The third-order valence-corrected chi connectivity index (χ3v) is 2.96. The molecule has 1 aliphatic rings. The van der Waals surface area contributed by atoms with Gasteiger partial charge in [0.05, 0.1) is 0 Å². The zero-order valence-corrected chi connectivity index (χ0v) is 9.50. The smallest absolute Gasteiger partial charge is 0.104 e. The molecule has 0 heterocycles. The number of hydrogen-bond donors (Lipinski definition) is 2. The van der Waals surface area contributed by atoms with Crippen LogP contribution in [-0.2, 0) is 0 Å². The Morgan fingerprint density at radius 2 is 1.81 bits per heavy atom. The molecule has 1 aromatic carbocycles. The molecule has 0 bridgehead atoms. The Morgan fingerprint density at radius 3 is 2.50 bits per heavy atom. The largest absolute Gasteiger partial charge is 0.385 e. The molecule has 84 valence electrons. The van der Waals surface area contributed by atoms with Gasteiger partial charge in [0.2, 0.25) is 0 Å². The van der Waals surface area contributed by atoms with Crippen molar-refractivity contribution in [2.24, 2.45) is 5.73 Å². The van der Waals surface area contributed by atoms with E-state index in [0.717, 1.165) is 24.4 Å². The van der Waals surface area contributed by atoms with E-state index in [1.165, 1.54) is 24.0 Å². The molecular formula is C14H18N2. The Hall–Kier alpha value is -1.70. The lowest BCUT2D eigenvalue weighted by Crippen LogP contribution is -2.15. The Balaban J connectivity index is 2.14. The molecule has 1 aliphatic carbocycles. The fraction of sp³-hybridized carbons (Fsp3) is 0.286. The second-order valence-corrected chi connectivity index (χ2v) is 4.19. The second-order valence-electron chi connectivity index (χ2n) is 4.19. The Labute approximate surface area is 96.9 Å². The van der Waals surface area contributed by atoms with Crippen LogP contribution in [0.15, 0.2) is 53.9 Å². The zero-order chi connectivity index (χ0) is 11.4. The third-order valence-electron chi connectivity index (χ3n) is 2.96. The van der Waals surface area contributed by atoms with Crippen molar-refractivity contribution < 1.29 is 0 Å². The number of nitrogens with one attached hydrogen (secondary N) is 1. The predicted octanol–water partition coefficient (Wildman–Crippen LogP) is 3.40. The van der Waals surface area contributed by atoms with Crippen LogP contribution in [0, 0.1) is 0 Å². The van der Waals surface area contributed by atoms with Gasteiger partial charge in [0.15, 0.2) is 0 Å². The van der Waals surface area contributed by atoms with E-state index in [9.17, 15) is 0 Å². The van der Waals surface area contributed by atoms with Gasteiger partial charge in [-0.15, -0.1) is 0 Å². The summed E-state index contributed by atoms with van der Waals surface area (Å²) in [5.74, 6) is 0.760. The van der Waals surface area contributed by atoms with Crippen molar-refractivity contribution >= 4 is 5.69 Å². The first-order valence-electron chi connectivity index (χ1n) is 5.76. The fourth-order valence-electron chi connectivity index (χ4n) is 2.05. The Kier molecular flexibility index (Phi) is 3.30. The van der Waals surface area contributed by atoms with Gasteiger partial charge in [-0.25, -0.2) is 0 Å². The predicted molar refractivity (Wildman–Crippen MR) is 68.9 cm³/mol. The van der Waals surface area contributed by atoms with Gasteiger partial charge in [-0.2, -0.15) is 0 Å². The SMILES string of the molecule is C=C1CCCC/C1=C(\N)Nc1ccccc1. The molecule has 0 aliphatic heterocycles. The van der Waals surface area contributed by atoms with Crippen LogP contribution < -0.4 is 11.1 Å². The molecule has 2 rings (SSSR count). The van der Waals surface area contributed by atoms with E-state index in [2.05, 4.69) is 11.9 Å². The lowest BCUT2D eigenvalue weighted by Gasteiger charge is -2.20. The summed E-state index contributed by atoms with van der Waals surface area (Å²) in [6.07, 6.45) is 4.57. The average Bonchev–Trinajstić information content (AvgIpc) is 2.31. The molecular weight excluding hydrogens is 196 g/mol. The molecule has 1 fully saturated rings. The lowest BCUT2D eigenvalue weighted by molar-refractivity contribution is 0.675. The van der Waals surface area contributed by atoms with Gasteiger partial charge in [-0.05, 0) is 49.0 Å². The van der Waals surface area contributed by atoms with Gasteiger partial charge >= 0.3 is 0 Å². The molecule has 0 amide bonds. The summed E-state index contributed by atoms with van der Waals surface area (Å²) in [5.41, 5.74) is 9.50. The van der Waals surface area contributed by atoms with E-state index >= 15 is 0 Å². The summed E-state index contributed by atoms with van der Waals surface area (Å²) in [4.78, 5) is 0. The first kappa shape index (κ1) is 10.8. The lowest BCUT2D eigenvalue weighted by atomic mass is 9.90. The van der Waals surface area contributed by atoms with E-state index in [1.54, 1.807) is 0 Å². The molecule has 0 spiro atoms. The minimum Gasteiger partial charge on any atom is -0.385 e. The molecule has 3 N–H and O–H groups in total. The van der Waals surface area contributed by atoms with E-state index in [-0.39, 0.29) is 0 Å². The van der Waals surface area contributed by atoms with E-state index in [1.807, 2.05) is 30.3 Å². The van der Waals surface area contributed by atoms with Crippen molar-refractivity contribution in [2.75, 3.05) is 5.32 Å². The molecule has 2 heteroatoms. The minimum absolute atomic E-state index is 0.760. The number of para-hydroxylation sites is 1. The first-order chi connectivity index (χ1) is 7.77. The van der Waals surface area contributed by atoms with Gasteiger partial charge in [0, 0.05) is 5.69 Å². The highest BCUT2D eigenvalue weighted by Crippen LogP contribution is 2.28. The summed E-state index contributed by atoms with van der Waals surface area (Å²) in [5, 5.41) is 3.24. The van der Waals surface area contributed by atoms with E-state index in [4.69, 9.17) is 5.73 Å². The maximum Gasteiger partial charge on any atom is 0.104 e. The zero-order valence-electron chi connectivity index (χ0n) is 9.50. The summed E-state index contributed by atoms with van der Waals surface area (Å²) in [6.45, 7) is 4.08. The Morgan fingerprint density at radius 1 is 1.12 bits per heavy atom. The van der Waals surface area contributed by atoms with Crippen molar-refractivity contribution in [2.45, 2.75) is 25.7 Å². The van der Waals surface area contributed by atoms with Gasteiger partial charge in [0.1, 0.15) is 5.82 Å². The van der Waals surface area contributed by atoms with Crippen LogP contribution in [0.2, 0.25) is 0 Å². The molecule has 0 atom stereocenters. The van der Waals surface area contributed by atoms with Crippen LogP contribution in [0.25, 0.3) is 0 Å². The molecule has 1 saturated carbocycles. The molecule has 0 radical (unpaired) electrons. The number of hydrogen-bond acceptors (Lipinski definition) is 2. The van der Waals surface area contributed by atoms with E-state index in [0.29, 0.717) is 0 Å². The quantitative estimate of drug-likeness (QED) is 0.791. The summed E-state index contributed by atoms with van der Waals surface area (Å²) in [6, 6.07) is 10.0. The van der Waals surface area contributed by atoms with Gasteiger partial charge in [-0.3, -0.25) is 0 Å². The first-order valence-corrected chi connectivity index (χ1v) is 5.76.